The van der Waals surface area contributed by atoms with Crippen molar-refractivity contribution >= 4 is 17.5 Å². The zero-order valence-electron chi connectivity index (χ0n) is 14.8. The highest BCUT2D eigenvalue weighted by Gasteiger charge is 2.29. The first-order valence-corrected chi connectivity index (χ1v) is 8.99. The maximum absolute atomic E-state index is 12.9. The predicted molar refractivity (Wildman–Crippen MR) is 104 cm³/mol. The Kier molecular flexibility index (Phi) is 4.25. The molecule has 0 N–H and O–H groups in total. The molecule has 0 saturated carbocycles. The Morgan fingerprint density at radius 2 is 1.92 bits per heavy atom. The van der Waals surface area contributed by atoms with Crippen LogP contribution in [0.3, 0.4) is 0 Å². The fraction of sp³-hybridized carbons (Fsp3) is 0.182. The minimum absolute atomic E-state index is 0.101. The van der Waals surface area contributed by atoms with E-state index in [1.165, 1.54) is 0 Å². The predicted octanol–water partition coefficient (Wildman–Crippen LogP) is 5.17. The van der Waals surface area contributed by atoms with Crippen molar-refractivity contribution in [2.24, 2.45) is 0 Å². The number of carbonyl (C=O) groups is 1. The van der Waals surface area contributed by atoms with Crippen LogP contribution in [0.1, 0.15) is 32.6 Å². The number of carbonyl (C=O) groups excluding carboxylic acids is 1. The number of hydrogen-bond acceptors (Lipinski definition) is 2. The molecule has 1 amide bonds. The number of aryl methyl sites for hydroxylation is 2. The quantitative estimate of drug-likeness (QED) is 0.643. The molecule has 2 heterocycles. The van der Waals surface area contributed by atoms with Gasteiger partial charge in [-0.05, 0) is 65.9 Å². The minimum atomic E-state index is 0.101. The molecule has 0 aliphatic carbocycles. The number of amides is 1. The number of pyridine rings is 1. The van der Waals surface area contributed by atoms with Gasteiger partial charge < -0.3 is 4.90 Å². The van der Waals surface area contributed by atoms with Crippen molar-refractivity contribution in [3.63, 3.8) is 0 Å². The molecule has 0 bridgehead atoms. The molecule has 1 aliphatic rings. The third kappa shape index (κ3) is 2.99. The zero-order valence-corrected chi connectivity index (χ0v) is 15.5. The fourth-order valence-electron chi connectivity index (χ4n) is 3.60. The summed E-state index contributed by atoms with van der Waals surface area (Å²) in [6, 6.07) is 14.0. The van der Waals surface area contributed by atoms with Crippen LogP contribution in [0, 0.1) is 13.8 Å². The first-order chi connectivity index (χ1) is 12.5. The van der Waals surface area contributed by atoms with Gasteiger partial charge in [-0.25, -0.2) is 0 Å². The molecule has 3 aromatic rings. The van der Waals surface area contributed by atoms with Crippen molar-refractivity contribution in [2.45, 2.75) is 26.9 Å². The molecule has 130 valence electrons. The molecule has 2 aromatic carbocycles. The van der Waals surface area contributed by atoms with Gasteiger partial charge >= 0.3 is 0 Å². The Morgan fingerprint density at radius 3 is 2.65 bits per heavy atom. The van der Waals surface area contributed by atoms with E-state index in [4.69, 9.17) is 11.6 Å². The average Bonchev–Trinajstić information content (AvgIpc) is 2.94. The van der Waals surface area contributed by atoms with Gasteiger partial charge in [0.05, 0.1) is 0 Å². The summed E-state index contributed by atoms with van der Waals surface area (Å²) in [5.41, 5.74) is 7.34. The second-order valence-corrected chi connectivity index (χ2v) is 7.24. The molecule has 1 aromatic heterocycles. The zero-order chi connectivity index (χ0) is 18.3. The lowest BCUT2D eigenvalue weighted by Crippen LogP contribution is -2.24. The van der Waals surface area contributed by atoms with Crippen LogP contribution in [0.15, 0.2) is 54.9 Å². The van der Waals surface area contributed by atoms with Crippen molar-refractivity contribution < 1.29 is 4.79 Å². The van der Waals surface area contributed by atoms with Gasteiger partial charge in [-0.3, -0.25) is 9.78 Å². The molecular weight excluding hydrogens is 344 g/mol. The van der Waals surface area contributed by atoms with E-state index in [1.54, 1.807) is 6.20 Å². The fourth-order valence-corrected chi connectivity index (χ4v) is 3.82. The van der Waals surface area contributed by atoms with Gasteiger partial charge in [0.25, 0.3) is 5.91 Å². The highest BCUT2D eigenvalue weighted by molar-refractivity contribution is 6.30. The Hall–Kier alpha value is -2.65. The molecule has 0 unspecified atom stereocenters. The van der Waals surface area contributed by atoms with E-state index in [2.05, 4.69) is 17.1 Å². The summed E-state index contributed by atoms with van der Waals surface area (Å²) >= 11 is 6.05. The molecule has 4 rings (SSSR count). The number of benzene rings is 2. The normalized spacial score (nSPS) is 13.2. The summed E-state index contributed by atoms with van der Waals surface area (Å²) in [5, 5.41) is 0.722. The van der Waals surface area contributed by atoms with E-state index in [9.17, 15) is 4.79 Å². The summed E-state index contributed by atoms with van der Waals surface area (Å²) in [7, 11) is 0. The Balaban J connectivity index is 1.66. The van der Waals surface area contributed by atoms with Crippen LogP contribution in [-0.4, -0.2) is 15.8 Å². The lowest BCUT2D eigenvalue weighted by Gasteiger charge is -2.17. The third-order valence-corrected chi connectivity index (χ3v) is 5.18. The van der Waals surface area contributed by atoms with Crippen molar-refractivity contribution in [3.05, 3.63) is 87.7 Å². The smallest absolute Gasteiger partial charge is 0.255 e. The van der Waals surface area contributed by atoms with Gasteiger partial charge in [-0.2, -0.15) is 0 Å². The highest BCUT2D eigenvalue weighted by atomic mass is 35.5. The Bertz CT molecular complexity index is 999. The Morgan fingerprint density at radius 1 is 1.08 bits per heavy atom. The number of rotatable bonds is 3. The van der Waals surface area contributed by atoms with Crippen LogP contribution in [0.5, 0.6) is 0 Å². The van der Waals surface area contributed by atoms with Gasteiger partial charge in [0.15, 0.2) is 0 Å². The average molecular weight is 363 g/mol. The summed E-state index contributed by atoms with van der Waals surface area (Å²) in [4.78, 5) is 19.0. The Labute approximate surface area is 158 Å². The van der Waals surface area contributed by atoms with Gasteiger partial charge in [-0.1, -0.05) is 29.8 Å². The topological polar surface area (TPSA) is 33.2 Å². The van der Waals surface area contributed by atoms with E-state index in [-0.39, 0.29) is 5.91 Å². The van der Waals surface area contributed by atoms with Crippen LogP contribution < -0.4 is 0 Å². The number of hydrogen-bond donors (Lipinski definition) is 0. The van der Waals surface area contributed by atoms with E-state index in [1.807, 2.05) is 55.3 Å². The summed E-state index contributed by atoms with van der Waals surface area (Å²) < 4.78 is 0. The van der Waals surface area contributed by atoms with Gasteiger partial charge in [0.2, 0.25) is 0 Å². The first-order valence-electron chi connectivity index (χ1n) is 8.61. The van der Waals surface area contributed by atoms with E-state index >= 15 is 0 Å². The van der Waals surface area contributed by atoms with Crippen LogP contribution >= 0.6 is 11.6 Å². The van der Waals surface area contributed by atoms with Gasteiger partial charge in [-0.15, -0.1) is 0 Å². The van der Waals surface area contributed by atoms with Crippen molar-refractivity contribution in [3.8, 4) is 11.1 Å². The number of aromatic nitrogens is 1. The maximum Gasteiger partial charge on any atom is 0.255 e. The SMILES string of the molecule is Cc1cc(Cl)ccc1CN1Cc2cc(-c3cccnc3)cc(C)c2C1=O. The molecule has 0 radical (unpaired) electrons. The molecule has 3 nitrogen and oxygen atoms in total. The summed E-state index contributed by atoms with van der Waals surface area (Å²) in [6.07, 6.45) is 3.62. The van der Waals surface area contributed by atoms with Gasteiger partial charge in [0.1, 0.15) is 0 Å². The highest BCUT2D eigenvalue weighted by Crippen LogP contribution is 2.32. The monoisotopic (exact) mass is 362 g/mol. The molecule has 0 saturated heterocycles. The minimum Gasteiger partial charge on any atom is -0.330 e. The molecule has 1 aliphatic heterocycles. The van der Waals surface area contributed by atoms with Crippen molar-refractivity contribution in [1.82, 2.24) is 9.88 Å². The second-order valence-electron chi connectivity index (χ2n) is 6.80. The van der Waals surface area contributed by atoms with Crippen LogP contribution in [0.2, 0.25) is 5.02 Å². The number of halogens is 1. The molecular formula is C22H19ClN2O. The van der Waals surface area contributed by atoms with E-state index < -0.39 is 0 Å². The second kappa shape index (κ2) is 6.58. The molecule has 0 spiro atoms. The van der Waals surface area contributed by atoms with Gasteiger partial charge in [0, 0.05) is 41.6 Å². The first kappa shape index (κ1) is 16.8. The number of nitrogens with zero attached hydrogens (tertiary/aromatic N) is 2. The van der Waals surface area contributed by atoms with Crippen LogP contribution in [0.4, 0.5) is 0 Å². The lowest BCUT2D eigenvalue weighted by molar-refractivity contribution is 0.0766. The van der Waals surface area contributed by atoms with E-state index in [0.717, 1.165) is 44.0 Å². The molecule has 0 fully saturated rings. The largest absolute Gasteiger partial charge is 0.330 e. The summed E-state index contributed by atoms with van der Waals surface area (Å²) in [6.45, 7) is 5.26. The molecule has 0 atom stereocenters. The van der Waals surface area contributed by atoms with E-state index in [0.29, 0.717) is 13.1 Å². The summed E-state index contributed by atoms with van der Waals surface area (Å²) in [5.74, 6) is 0.101. The van der Waals surface area contributed by atoms with Crippen LogP contribution in [-0.2, 0) is 13.1 Å². The molecule has 4 heteroatoms. The van der Waals surface area contributed by atoms with Crippen molar-refractivity contribution in [2.75, 3.05) is 0 Å². The van der Waals surface area contributed by atoms with Crippen LogP contribution in [0.25, 0.3) is 11.1 Å². The number of fused-ring (bicyclic) bond motifs is 1. The lowest BCUT2D eigenvalue weighted by atomic mass is 9.97. The molecule has 26 heavy (non-hydrogen) atoms. The van der Waals surface area contributed by atoms with Crippen molar-refractivity contribution in [1.29, 1.82) is 0 Å². The standard InChI is InChI=1S/C22H19ClN2O/c1-14-9-20(23)6-5-17(14)12-25-13-19-10-18(16-4-3-7-24-11-16)8-15(2)21(19)22(25)26/h3-11H,12-13H2,1-2H3. The third-order valence-electron chi connectivity index (χ3n) is 4.94. The maximum atomic E-state index is 12.9.